The molecule has 3 rings (SSSR count). The van der Waals surface area contributed by atoms with E-state index in [1.54, 1.807) is 24.3 Å². The van der Waals surface area contributed by atoms with Gasteiger partial charge in [0, 0.05) is 49.7 Å². The molecule has 1 saturated heterocycles. The number of anilines is 2. The van der Waals surface area contributed by atoms with Gasteiger partial charge in [0.1, 0.15) is 0 Å². The third kappa shape index (κ3) is 4.88. The number of rotatable bonds is 4. The van der Waals surface area contributed by atoms with Gasteiger partial charge in [0.25, 0.3) is 11.8 Å². The monoisotopic (exact) mass is 365 g/mol. The van der Waals surface area contributed by atoms with E-state index >= 15 is 0 Å². The zero-order valence-electron chi connectivity index (χ0n) is 16.1. The summed E-state index contributed by atoms with van der Waals surface area (Å²) < 4.78 is 0. The molecule has 1 aliphatic heterocycles. The van der Waals surface area contributed by atoms with E-state index in [-0.39, 0.29) is 11.8 Å². The van der Waals surface area contributed by atoms with Gasteiger partial charge in [0.15, 0.2) is 0 Å². The number of hydrogen-bond acceptors (Lipinski definition) is 3. The molecular weight excluding hydrogens is 338 g/mol. The first-order chi connectivity index (χ1) is 13.0. The molecule has 1 fully saturated rings. The highest BCUT2D eigenvalue weighted by Crippen LogP contribution is 2.17. The number of amides is 2. The van der Waals surface area contributed by atoms with Crippen LogP contribution in [0.25, 0.3) is 0 Å². The molecule has 2 aromatic rings. The number of nitrogens with one attached hydrogen (secondary N) is 1. The minimum atomic E-state index is -0.179. The quantitative estimate of drug-likeness (QED) is 0.890. The lowest BCUT2D eigenvalue weighted by Crippen LogP contribution is -2.31. The van der Waals surface area contributed by atoms with Gasteiger partial charge in [-0.25, -0.2) is 0 Å². The van der Waals surface area contributed by atoms with Crippen molar-refractivity contribution in [3.63, 3.8) is 0 Å². The van der Waals surface area contributed by atoms with Crippen LogP contribution in [0.2, 0.25) is 0 Å². The fourth-order valence-corrected chi connectivity index (χ4v) is 3.27. The van der Waals surface area contributed by atoms with Crippen LogP contribution in [0.4, 0.5) is 11.4 Å². The lowest BCUT2D eigenvalue weighted by Gasteiger charge is -2.20. The molecule has 1 heterocycles. The van der Waals surface area contributed by atoms with Crippen molar-refractivity contribution >= 4 is 23.2 Å². The molecule has 1 aliphatic rings. The highest BCUT2D eigenvalue weighted by atomic mass is 16.2. The van der Waals surface area contributed by atoms with Crippen molar-refractivity contribution < 1.29 is 9.59 Å². The summed E-state index contributed by atoms with van der Waals surface area (Å²) in [7, 11) is 3.95. The molecule has 0 saturated carbocycles. The predicted molar refractivity (Wildman–Crippen MR) is 110 cm³/mol. The summed E-state index contributed by atoms with van der Waals surface area (Å²) in [6, 6.07) is 14.6. The van der Waals surface area contributed by atoms with Crippen LogP contribution in [0.1, 0.15) is 46.4 Å². The van der Waals surface area contributed by atoms with Gasteiger partial charge in [-0.05, 0) is 61.4 Å². The fourth-order valence-electron chi connectivity index (χ4n) is 3.27. The van der Waals surface area contributed by atoms with Gasteiger partial charge in [-0.15, -0.1) is 0 Å². The normalized spacial score (nSPS) is 14.4. The molecule has 2 aromatic carbocycles. The SMILES string of the molecule is CN(C)c1ccc(NC(=O)c2ccc(C(=O)N3CCCCCC3)cc2)cc1. The first kappa shape index (κ1) is 19.0. The molecule has 5 heteroatoms. The van der Waals surface area contributed by atoms with Crippen molar-refractivity contribution in [3.8, 4) is 0 Å². The molecule has 27 heavy (non-hydrogen) atoms. The van der Waals surface area contributed by atoms with Crippen molar-refractivity contribution in [2.75, 3.05) is 37.4 Å². The van der Waals surface area contributed by atoms with Crippen LogP contribution in [0.15, 0.2) is 48.5 Å². The summed E-state index contributed by atoms with van der Waals surface area (Å²) in [6.07, 6.45) is 4.52. The van der Waals surface area contributed by atoms with Gasteiger partial charge in [-0.1, -0.05) is 12.8 Å². The fraction of sp³-hybridized carbons (Fsp3) is 0.364. The maximum atomic E-state index is 12.6. The van der Waals surface area contributed by atoms with Crippen molar-refractivity contribution in [1.29, 1.82) is 0 Å². The van der Waals surface area contributed by atoms with Crippen LogP contribution in [-0.2, 0) is 0 Å². The van der Waals surface area contributed by atoms with E-state index in [9.17, 15) is 9.59 Å². The summed E-state index contributed by atoms with van der Waals surface area (Å²) in [5, 5.41) is 2.89. The zero-order chi connectivity index (χ0) is 19.2. The Kier molecular flexibility index (Phi) is 6.12. The molecule has 0 spiro atoms. The largest absolute Gasteiger partial charge is 0.378 e. The molecule has 5 nitrogen and oxygen atoms in total. The number of carbonyl (C=O) groups is 2. The van der Waals surface area contributed by atoms with E-state index in [2.05, 4.69) is 5.32 Å². The second-order valence-corrected chi connectivity index (χ2v) is 7.18. The highest BCUT2D eigenvalue weighted by Gasteiger charge is 2.17. The van der Waals surface area contributed by atoms with Crippen molar-refractivity contribution in [3.05, 3.63) is 59.7 Å². The minimum Gasteiger partial charge on any atom is -0.378 e. The first-order valence-electron chi connectivity index (χ1n) is 9.53. The average Bonchev–Trinajstić information content (AvgIpc) is 2.97. The summed E-state index contributed by atoms with van der Waals surface area (Å²) in [4.78, 5) is 29.0. The Bertz CT molecular complexity index is 774. The maximum absolute atomic E-state index is 12.6. The van der Waals surface area contributed by atoms with Crippen molar-refractivity contribution in [2.24, 2.45) is 0 Å². The van der Waals surface area contributed by atoms with Crippen LogP contribution >= 0.6 is 0 Å². The van der Waals surface area contributed by atoms with Crippen molar-refractivity contribution in [2.45, 2.75) is 25.7 Å². The molecule has 0 bridgehead atoms. The van der Waals surface area contributed by atoms with Crippen LogP contribution < -0.4 is 10.2 Å². The predicted octanol–water partition coefficient (Wildman–Crippen LogP) is 4.02. The Labute approximate surface area is 161 Å². The smallest absolute Gasteiger partial charge is 0.255 e. The van der Waals surface area contributed by atoms with Gasteiger partial charge in [0.05, 0.1) is 0 Å². The summed E-state index contributed by atoms with van der Waals surface area (Å²) >= 11 is 0. The van der Waals surface area contributed by atoms with Gasteiger partial charge in [-0.3, -0.25) is 9.59 Å². The van der Waals surface area contributed by atoms with E-state index in [0.29, 0.717) is 11.1 Å². The van der Waals surface area contributed by atoms with Gasteiger partial charge >= 0.3 is 0 Å². The third-order valence-electron chi connectivity index (χ3n) is 4.93. The summed E-state index contributed by atoms with van der Waals surface area (Å²) in [5.41, 5.74) is 3.00. The molecule has 0 unspecified atom stereocenters. The van der Waals surface area contributed by atoms with Crippen LogP contribution in [0.3, 0.4) is 0 Å². The molecular formula is C22H27N3O2. The Hall–Kier alpha value is -2.82. The first-order valence-corrected chi connectivity index (χ1v) is 9.53. The van der Waals surface area contributed by atoms with Crippen LogP contribution in [0.5, 0.6) is 0 Å². The number of nitrogens with zero attached hydrogens (tertiary/aromatic N) is 2. The van der Waals surface area contributed by atoms with Crippen LogP contribution in [0, 0.1) is 0 Å². The topological polar surface area (TPSA) is 52.7 Å². The molecule has 142 valence electrons. The average molecular weight is 365 g/mol. The Morgan fingerprint density at radius 1 is 0.815 bits per heavy atom. The number of likely N-dealkylation sites (tertiary alicyclic amines) is 1. The second-order valence-electron chi connectivity index (χ2n) is 7.18. The molecule has 1 N–H and O–H groups in total. The Morgan fingerprint density at radius 3 is 1.93 bits per heavy atom. The molecule has 0 aromatic heterocycles. The van der Waals surface area contributed by atoms with E-state index < -0.39 is 0 Å². The molecule has 0 radical (unpaired) electrons. The molecule has 0 aliphatic carbocycles. The standard InChI is InChI=1S/C22H27N3O2/c1-24(2)20-13-11-19(12-14-20)23-21(26)17-7-9-18(10-8-17)22(27)25-15-5-3-4-6-16-25/h7-14H,3-6,15-16H2,1-2H3,(H,23,26). The van der Waals surface area contributed by atoms with Gasteiger partial charge in [0.2, 0.25) is 0 Å². The van der Waals surface area contributed by atoms with E-state index in [1.165, 1.54) is 12.8 Å². The van der Waals surface area contributed by atoms with Gasteiger partial charge < -0.3 is 15.1 Å². The number of hydrogen-bond donors (Lipinski definition) is 1. The minimum absolute atomic E-state index is 0.0585. The number of benzene rings is 2. The van der Waals surface area contributed by atoms with Crippen LogP contribution in [-0.4, -0.2) is 43.9 Å². The maximum Gasteiger partial charge on any atom is 0.255 e. The molecule has 0 atom stereocenters. The van der Waals surface area contributed by atoms with E-state index in [1.807, 2.05) is 48.2 Å². The lowest BCUT2D eigenvalue weighted by molar-refractivity contribution is 0.0761. The zero-order valence-corrected chi connectivity index (χ0v) is 16.1. The lowest BCUT2D eigenvalue weighted by atomic mass is 10.1. The van der Waals surface area contributed by atoms with E-state index in [4.69, 9.17) is 0 Å². The Morgan fingerprint density at radius 2 is 1.37 bits per heavy atom. The van der Waals surface area contributed by atoms with Crippen molar-refractivity contribution in [1.82, 2.24) is 4.90 Å². The summed E-state index contributed by atoms with van der Waals surface area (Å²) in [6.45, 7) is 1.65. The third-order valence-corrected chi connectivity index (χ3v) is 4.93. The summed E-state index contributed by atoms with van der Waals surface area (Å²) in [5.74, 6) is -0.121. The second kappa shape index (κ2) is 8.71. The molecule has 2 amide bonds. The highest BCUT2D eigenvalue weighted by molar-refractivity contribution is 6.05. The Balaban J connectivity index is 1.63. The van der Waals surface area contributed by atoms with Gasteiger partial charge in [-0.2, -0.15) is 0 Å². The number of carbonyl (C=O) groups excluding carboxylic acids is 2. The van der Waals surface area contributed by atoms with E-state index in [0.717, 1.165) is 37.3 Å².